The number of aromatic nitrogens is 4. The van der Waals surface area contributed by atoms with Crippen molar-refractivity contribution in [3.63, 3.8) is 0 Å². The van der Waals surface area contributed by atoms with Gasteiger partial charge in [0.15, 0.2) is 0 Å². The van der Waals surface area contributed by atoms with Gasteiger partial charge < -0.3 is 10.2 Å². The van der Waals surface area contributed by atoms with Crippen molar-refractivity contribution in [2.24, 2.45) is 5.92 Å². The average Bonchev–Trinajstić information content (AvgIpc) is 3.09. The molecule has 1 aromatic carbocycles. The predicted molar refractivity (Wildman–Crippen MR) is 103 cm³/mol. The van der Waals surface area contributed by atoms with Crippen LogP contribution in [0.1, 0.15) is 25.3 Å². The van der Waals surface area contributed by atoms with E-state index in [1.54, 1.807) is 0 Å². The Morgan fingerprint density at radius 1 is 1.23 bits per heavy atom. The predicted octanol–water partition coefficient (Wildman–Crippen LogP) is 1.92. The summed E-state index contributed by atoms with van der Waals surface area (Å²) >= 11 is 0. The fourth-order valence-electron chi connectivity index (χ4n) is 3.08. The van der Waals surface area contributed by atoms with Gasteiger partial charge >= 0.3 is 0 Å². The minimum atomic E-state index is 0. The number of hydrogen-bond acceptors (Lipinski definition) is 5. The van der Waals surface area contributed by atoms with E-state index >= 15 is 0 Å². The number of nitrogens with zero attached hydrogens (tertiary/aromatic N) is 5. The molecule has 1 saturated heterocycles. The number of carbonyl (C=O) groups excluding carboxylic acids is 1. The summed E-state index contributed by atoms with van der Waals surface area (Å²) in [6, 6.07) is 7.96. The van der Waals surface area contributed by atoms with Gasteiger partial charge in [-0.3, -0.25) is 4.79 Å². The Bertz CT molecular complexity index is 694. The second-order valence-electron chi connectivity index (χ2n) is 6.64. The Kier molecular flexibility index (Phi) is 7.53. The molecule has 0 unspecified atom stereocenters. The molecule has 1 aliphatic rings. The fourth-order valence-corrected chi connectivity index (χ4v) is 3.08. The molecule has 0 bridgehead atoms. The molecule has 0 spiro atoms. The van der Waals surface area contributed by atoms with E-state index in [1.165, 1.54) is 10.4 Å². The Hall–Kier alpha value is -1.99. The summed E-state index contributed by atoms with van der Waals surface area (Å²) in [6.45, 7) is 7.98. The van der Waals surface area contributed by atoms with Gasteiger partial charge in [-0.25, -0.2) is 0 Å². The monoisotopic (exact) mass is 378 g/mol. The van der Waals surface area contributed by atoms with Crippen LogP contribution < -0.4 is 5.32 Å². The second-order valence-corrected chi connectivity index (χ2v) is 6.64. The van der Waals surface area contributed by atoms with Crippen molar-refractivity contribution in [1.29, 1.82) is 0 Å². The van der Waals surface area contributed by atoms with Crippen LogP contribution in [-0.2, 0) is 11.3 Å². The SMILES string of the molecule is CCNCC1CCN(C(=O)Cn2nnc(-c3ccc(C)cc3)n2)CC1.Cl. The molecule has 2 heterocycles. The molecule has 0 aliphatic carbocycles. The smallest absolute Gasteiger partial charge is 0.246 e. The maximum atomic E-state index is 12.5. The molecule has 0 atom stereocenters. The van der Waals surface area contributed by atoms with Crippen molar-refractivity contribution < 1.29 is 4.79 Å². The van der Waals surface area contributed by atoms with Gasteiger partial charge in [0, 0.05) is 18.7 Å². The molecule has 26 heavy (non-hydrogen) atoms. The van der Waals surface area contributed by atoms with Crippen LogP contribution in [0.25, 0.3) is 11.4 Å². The van der Waals surface area contributed by atoms with Gasteiger partial charge in [-0.1, -0.05) is 36.8 Å². The highest BCUT2D eigenvalue weighted by atomic mass is 35.5. The minimum absolute atomic E-state index is 0. The Morgan fingerprint density at radius 2 is 1.92 bits per heavy atom. The molecule has 142 valence electrons. The summed E-state index contributed by atoms with van der Waals surface area (Å²) in [7, 11) is 0. The van der Waals surface area contributed by atoms with E-state index in [-0.39, 0.29) is 24.9 Å². The quantitative estimate of drug-likeness (QED) is 0.831. The van der Waals surface area contributed by atoms with Crippen molar-refractivity contribution >= 4 is 18.3 Å². The number of amides is 1. The molecule has 1 amide bonds. The molecular weight excluding hydrogens is 352 g/mol. The summed E-state index contributed by atoms with van der Waals surface area (Å²) in [4.78, 5) is 15.8. The van der Waals surface area contributed by atoms with E-state index in [0.717, 1.165) is 44.6 Å². The Balaban J connectivity index is 0.00000243. The lowest BCUT2D eigenvalue weighted by Crippen LogP contribution is -2.42. The van der Waals surface area contributed by atoms with E-state index in [2.05, 4.69) is 27.7 Å². The summed E-state index contributed by atoms with van der Waals surface area (Å²) in [5.41, 5.74) is 2.09. The summed E-state index contributed by atoms with van der Waals surface area (Å²) < 4.78 is 0. The van der Waals surface area contributed by atoms with Gasteiger partial charge in [-0.05, 0) is 44.0 Å². The van der Waals surface area contributed by atoms with Crippen LogP contribution >= 0.6 is 12.4 Å². The van der Waals surface area contributed by atoms with Crippen LogP contribution in [0.4, 0.5) is 0 Å². The highest BCUT2D eigenvalue weighted by Gasteiger charge is 2.23. The van der Waals surface area contributed by atoms with Gasteiger partial charge in [0.1, 0.15) is 6.54 Å². The van der Waals surface area contributed by atoms with E-state index in [4.69, 9.17) is 0 Å². The maximum absolute atomic E-state index is 12.5. The van der Waals surface area contributed by atoms with Crippen LogP contribution in [0.5, 0.6) is 0 Å². The van der Waals surface area contributed by atoms with Crippen LogP contribution in [0, 0.1) is 12.8 Å². The molecule has 1 N–H and O–H groups in total. The van der Waals surface area contributed by atoms with E-state index in [0.29, 0.717) is 11.7 Å². The van der Waals surface area contributed by atoms with Crippen molar-refractivity contribution in [2.45, 2.75) is 33.2 Å². The molecule has 8 heteroatoms. The highest BCUT2D eigenvalue weighted by Crippen LogP contribution is 2.17. The lowest BCUT2D eigenvalue weighted by molar-refractivity contribution is -0.133. The largest absolute Gasteiger partial charge is 0.341 e. The highest BCUT2D eigenvalue weighted by molar-refractivity contribution is 5.85. The molecule has 1 fully saturated rings. The van der Waals surface area contributed by atoms with Crippen molar-refractivity contribution in [3.8, 4) is 11.4 Å². The fraction of sp³-hybridized carbons (Fsp3) is 0.556. The maximum Gasteiger partial charge on any atom is 0.246 e. The molecule has 3 rings (SSSR count). The topological polar surface area (TPSA) is 75.9 Å². The van der Waals surface area contributed by atoms with Gasteiger partial charge in [0.25, 0.3) is 0 Å². The number of benzene rings is 1. The molecule has 0 saturated carbocycles. The first-order valence-corrected chi connectivity index (χ1v) is 8.99. The van der Waals surface area contributed by atoms with Crippen LogP contribution in [0.15, 0.2) is 24.3 Å². The minimum Gasteiger partial charge on any atom is -0.341 e. The third-order valence-electron chi connectivity index (χ3n) is 4.69. The molecule has 2 aromatic rings. The van der Waals surface area contributed by atoms with E-state index in [1.807, 2.05) is 36.1 Å². The zero-order valence-electron chi connectivity index (χ0n) is 15.4. The Morgan fingerprint density at radius 3 is 2.58 bits per heavy atom. The van der Waals surface area contributed by atoms with Crippen molar-refractivity contribution in [2.75, 3.05) is 26.2 Å². The van der Waals surface area contributed by atoms with Gasteiger partial charge in [0.2, 0.25) is 11.7 Å². The normalized spacial score (nSPS) is 14.9. The average molecular weight is 379 g/mol. The first kappa shape index (κ1) is 20.3. The third-order valence-corrected chi connectivity index (χ3v) is 4.69. The first-order valence-electron chi connectivity index (χ1n) is 8.99. The van der Waals surface area contributed by atoms with Crippen LogP contribution in [0.2, 0.25) is 0 Å². The van der Waals surface area contributed by atoms with Gasteiger partial charge in [-0.2, -0.15) is 4.80 Å². The number of tetrazole rings is 1. The number of aryl methyl sites for hydroxylation is 1. The molecule has 7 nitrogen and oxygen atoms in total. The molecule has 0 radical (unpaired) electrons. The zero-order chi connectivity index (χ0) is 17.6. The standard InChI is InChI=1S/C18H26N6O.ClH/c1-3-19-12-15-8-10-23(11-9-15)17(25)13-24-21-18(20-22-24)16-6-4-14(2)5-7-16;/h4-7,15,19H,3,8-13H2,1-2H3;1H. The summed E-state index contributed by atoms with van der Waals surface area (Å²) in [5, 5.41) is 15.8. The van der Waals surface area contributed by atoms with Crippen LogP contribution in [0.3, 0.4) is 0 Å². The zero-order valence-corrected chi connectivity index (χ0v) is 16.2. The first-order chi connectivity index (χ1) is 12.2. The lowest BCUT2D eigenvalue weighted by Gasteiger charge is -2.31. The van der Waals surface area contributed by atoms with E-state index < -0.39 is 0 Å². The van der Waals surface area contributed by atoms with Gasteiger partial charge in [-0.15, -0.1) is 22.6 Å². The lowest BCUT2D eigenvalue weighted by atomic mass is 9.97. The Labute approximate surface area is 160 Å². The number of hydrogen-bond donors (Lipinski definition) is 1. The van der Waals surface area contributed by atoms with Crippen molar-refractivity contribution in [1.82, 2.24) is 30.4 Å². The number of carbonyl (C=O) groups is 1. The van der Waals surface area contributed by atoms with Gasteiger partial charge in [0.05, 0.1) is 0 Å². The number of piperidine rings is 1. The third kappa shape index (κ3) is 5.25. The number of nitrogens with one attached hydrogen (secondary N) is 1. The molecule has 1 aromatic heterocycles. The molecule has 1 aliphatic heterocycles. The summed E-state index contributed by atoms with van der Waals surface area (Å²) in [6.07, 6.45) is 2.11. The van der Waals surface area contributed by atoms with Crippen LogP contribution in [-0.4, -0.2) is 57.2 Å². The molecular formula is C18H27ClN6O. The van der Waals surface area contributed by atoms with Crippen molar-refractivity contribution in [3.05, 3.63) is 29.8 Å². The number of likely N-dealkylation sites (tertiary alicyclic amines) is 1. The summed E-state index contributed by atoms with van der Waals surface area (Å²) in [5.74, 6) is 1.29. The second kappa shape index (κ2) is 9.64. The van der Waals surface area contributed by atoms with E-state index in [9.17, 15) is 4.79 Å². The number of rotatable bonds is 6. The number of halogens is 1.